The maximum atomic E-state index is 12.8. The van der Waals surface area contributed by atoms with Gasteiger partial charge < -0.3 is 15.2 Å². The van der Waals surface area contributed by atoms with Gasteiger partial charge in [0.25, 0.3) is 17.6 Å². The zero-order valence-corrected chi connectivity index (χ0v) is 16.5. The van der Waals surface area contributed by atoms with E-state index in [4.69, 9.17) is 0 Å². The summed E-state index contributed by atoms with van der Waals surface area (Å²) in [5, 5.41) is 4.99. The highest BCUT2D eigenvalue weighted by molar-refractivity contribution is 6.43. The second-order valence-corrected chi connectivity index (χ2v) is 7.28. The molecule has 6 nitrogen and oxygen atoms in total. The standard InChI is InChI=1S/C20H22F3N3O3/c1-5-19(2,3)25-18(29)16(27)12-9-15(26(4)11-12)17(28)24-14-8-6-7-13(10-14)20(21,22)23/h6-11H,5H2,1-4H3,(H,24,28)(H,25,29). The number of amides is 2. The van der Waals surface area contributed by atoms with E-state index in [0.29, 0.717) is 6.42 Å². The van der Waals surface area contributed by atoms with Gasteiger partial charge in [0.05, 0.1) is 5.56 Å². The number of aromatic nitrogens is 1. The molecule has 0 aliphatic rings. The molecule has 2 amide bonds. The van der Waals surface area contributed by atoms with Crippen LogP contribution in [0.5, 0.6) is 0 Å². The van der Waals surface area contributed by atoms with E-state index < -0.39 is 34.9 Å². The van der Waals surface area contributed by atoms with E-state index in [1.165, 1.54) is 36.0 Å². The quantitative estimate of drug-likeness (QED) is 0.563. The number of ketones is 1. The Morgan fingerprint density at radius 3 is 2.34 bits per heavy atom. The SMILES string of the molecule is CCC(C)(C)NC(=O)C(=O)c1cc(C(=O)Nc2cccc(C(F)(F)F)c2)n(C)c1. The van der Waals surface area contributed by atoms with Gasteiger partial charge in [-0.25, -0.2) is 0 Å². The van der Waals surface area contributed by atoms with Crippen LogP contribution >= 0.6 is 0 Å². The Morgan fingerprint density at radius 1 is 1.10 bits per heavy atom. The van der Waals surface area contributed by atoms with Crippen LogP contribution in [0, 0.1) is 0 Å². The molecule has 0 atom stereocenters. The highest BCUT2D eigenvalue weighted by Gasteiger charge is 2.31. The van der Waals surface area contributed by atoms with Gasteiger partial charge in [-0.15, -0.1) is 0 Å². The number of anilines is 1. The monoisotopic (exact) mass is 409 g/mol. The van der Waals surface area contributed by atoms with Crippen molar-refractivity contribution >= 4 is 23.3 Å². The molecule has 1 aromatic carbocycles. The maximum Gasteiger partial charge on any atom is 0.416 e. The van der Waals surface area contributed by atoms with Crippen LogP contribution in [-0.2, 0) is 18.0 Å². The summed E-state index contributed by atoms with van der Waals surface area (Å²) in [6.45, 7) is 5.41. The Balaban J connectivity index is 2.19. The Morgan fingerprint density at radius 2 is 1.76 bits per heavy atom. The zero-order valence-electron chi connectivity index (χ0n) is 16.5. The Kier molecular flexibility index (Phi) is 6.20. The minimum absolute atomic E-state index is 0.00564. The molecule has 29 heavy (non-hydrogen) atoms. The summed E-state index contributed by atoms with van der Waals surface area (Å²) >= 11 is 0. The van der Waals surface area contributed by atoms with E-state index in [0.717, 1.165) is 12.1 Å². The summed E-state index contributed by atoms with van der Waals surface area (Å²) in [6.07, 6.45) is -2.60. The van der Waals surface area contributed by atoms with Crippen LogP contribution < -0.4 is 10.6 Å². The first-order valence-electron chi connectivity index (χ1n) is 8.86. The summed E-state index contributed by atoms with van der Waals surface area (Å²) < 4.78 is 39.8. The zero-order chi connectivity index (χ0) is 22.0. The molecule has 0 aliphatic heterocycles. The van der Waals surface area contributed by atoms with Gasteiger partial charge in [-0.2, -0.15) is 13.2 Å². The van der Waals surface area contributed by atoms with Crippen molar-refractivity contribution in [2.75, 3.05) is 5.32 Å². The maximum absolute atomic E-state index is 12.8. The summed E-state index contributed by atoms with van der Waals surface area (Å²) in [4.78, 5) is 37.0. The molecule has 0 fully saturated rings. The van der Waals surface area contributed by atoms with Crippen LogP contribution in [0.25, 0.3) is 0 Å². The van der Waals surface area contributed by atoms with Gasteiger partial charge in [0.1, 0.15) is 5.69 Å². The molecule has 156 valence electrons. The summed E-state index contributed by atoms with van der Waals surface area (Å²) in [5.74, 6) is -2.31. The number of nitrogens with zero attached hydrogens (tertiary/aromatic N) is 1. The van der Waals surface area contributed by atoms with Crippen LogP contribution in [0.4, 0.5) is 18.9 Å². The first-order valence-corrected chi connectivity index (χ1v) is 8.86. The highest BCUT2D eigenvalue weighted by atomic mass is 19.4. The van der Waals surface area contributed by atoms with Crippen molar-refractivity contribution in [2.24, 2.45) is 7.05 Å². The Labute approximate surface area is 166 Å². The number of halogens is 3. The average molecular weight is 409 g/mol. The van der Waals surface area contributed by atoms with Gasteiger partial charge in [-0.1, -0.05) is 13.0 Å². The number of carbonyl (C=O) groups excluding carboxylic acids is 3. The third kappa shape index (κ3) is 5.46. The number of alkyl halides is 3. The molecule has 0 aliphatic carbocycles. The van der Waals surface area contributed by atoms with Crippen molar-refractivity contribution in [1.29, 1.82) is 0 Å². The van der Waals surface area contributed by atoms with Crippen molar-refractivity contribution in [3.05, 3.63) is 53.3 Å². The molecule has 2 rings (SSSR count). The van der Waals surface area contributed by atoms with Crippen LogP contribution in [0.1, 0.15) is 53.6 Å². The molecule has 0 bridgehead atoms. The van der Waals surface area contributed by atoms with Crippen molar-refractivity contribution in [2.45, 2.75) is 38.9 Å². The smallest absolute Gasteiger partial charge is 0.346 e. The van der Waals surface area contributed by atoms with Crippen molar-refractivity contribution in [3.63, 3.8) is 0 Å². The number of nitrogens with one attached hydrogen (secondary N) is 2. The van der Waals surface area contributed by atoms with Gasteiger partial charge in [-0.05, 0) is 44.5 Å². The first-order chi connectivity index (χ1) is 13.3. The third-order valence-electron chi connectivity index (χ3n) is 4.49. The number of carbonyl (C=O) groups is 3. The lowest BCUT2D eigenvalue weighted by Crippen LogP contribution is -2.45. The number of hydrogen-bond acceptors (Lipinski definition) is 3. The first kappa shape index (κ1) is 22.2. The molecule has 0 radical (unpaired) electrons. The molecule has 1 aromatic heterocycles. The molecule has 0 saturated carbocycles. The Hall–Kier alpha value is -3.10. The number of benzene rings is 1. The number of hydrogen-bond donors (Lipinski definition) is 2. The van der Waals surface area contributed by atoms with Crippen molar-refractivity contribution in [3.8, 4) is 0 Å². The lowest BCUT2D eigenvalue weighted by molar-refractivity contribution is -0.137. The molecule has 0 spiro atoms. The van der Waals surface area contributed by atoms with Crippen molar-refractivity contribution in [1.82, 2.24) is 9.88 Å². The van der Waals surface area contributed by atoms with E-state index in [2.05, 4.69) is 10.6 Å². The molecular weight excluding hydrogens is 387 g/mol. The summed E-state index contributed by atoms with van der Waals surface area (Å²) in [5.41, 5.74) is -1.47. The molecule has 2 N–H and O–H groups in total. The lowest BCUT2D eigenvalue weighted by Gasteiger charge is -2.23. The van der Waals surface area contributed by atoms with Gasteiger partial charge in [0.15, 0.2) is 0 Å². The van der Waals surface area contributed by atoms with E-state index in [9.17, 15) is 27.6 Å². The van der Waals surface area contributed by atoms with E-state index in [1.54, 1.807) is 13.8 Å². The molecule has 9 heteroatoms. The third-order valence-corrected chi connectivity index (χ3v) is 4.49. The van der Waals surface area contributed by atoms with E-state index in [-0.39, 0.29) is 16.9 Å². The number of rotatable bonds is 6. The predicted octanol–water partition coefficient (Wildman–Crippen LogP) is 3.78. The minimum Gasteiger partial charge on any atom is -0.346 e. The summed E-state index contributed by atoms with van der Waals surface area (Å²) in [7, 11) is 1.49. The largest absolute Gasteiger partial charge is 0.416 e. The van der Waals surface area contributed by atoms with Crippen LogP contribution in [-0.4, -0.2) is 27.7 Å². The normalized spacial score (nSPS) is 11.8. The van der Waals surface area contributed by atoms with E-state index in [1.807, 2.05) is 6.92 Å². The van der Waals surface area contributed by atoms with Crippen LogP contribution in [0.2, 0.25) is 0 Å². The predicted molar refractivity (Wildman–Crippen MR) is 102 cm³/mol. The number of Topliss-reactive ketones (excluding diaryl/α,β-unsaturated/α-hetero) is 1. The fourth-order valence-corrected chi connectivity index (χ4v) is 2.47. The molecule has 0 unspecified atom stereocenters. The fourth-order valence-electron chi connectivity index (χ4n) is 2.47. The fraction of sp³-hybridized carbons (Fsp3) is 0.350. The second kappa shape index (κ2) is 8.10. The Bertz CT molecular complexity index is 946. The van der Waals surface area contributed by atoms with Crippen LogP contribution in [0.3, 0.4) is 0 Å². The summed E-state index contributed by atoms with van der Waals surface area (Å²) in [6, 6.07) is 5.43. The van der Waals surface area contributed by atoms with Gasteiger partial charge in [0, 0.05) is 30.0 Å². The van der Waals surface area contributed by atoms with E-state index >= 15 is 0 Å². The number of aryl methyl sites for hydroxylation is 1. The topological polar surface area (TPSA) is 80.2 Å². The lowest BCUT2D eigenvalue weighted by atomic mass is 10.0. The van der Waals surface area contributed by atoms with Crippen molar-refractivity contribution < 1.29 is 27.6 Å². The molecule has 0 saturated heterocycles. The molecule has 2 aromatic rings. The second-order valence-electron chi connectivity index (χ2n) is 7.28. The van der Waals surface area contributed by atoms with Crippen LogP contribution in [0.15, 0.2) is 36.5 Å². The molecule has 1 heterocycles. The highest BCUT2D eigenvalue weighted by Crippen LogP contribution is 2.30. The minimum atomic E-state index is -4.54. The molecular formula is C20H22F3N3O3. The average Bonchev–Trinajstić information content (AvgIpc) is 3.02. The van der Waals surface area contributed by atoms with Gasteiger partial charge >= 0.3 is 6.18 Å². The van der Waals surface area contributed by atoms with Gasteiger partial charge in [0.2, 0.25) is 0 Å². The van der Waals surface area contributed by atoms with Gasteiger partial charge in [-0.3, -0.25) is 14.4 Å².